The van der Waals surface area contributed by atoms with Crippen LogP contribution in [0.5, 0.6) is 5.88 Å². The monoisotopic (exact) mass is 500 g/mol. The van der Waals surface area contributed by atoms with Crippen molar-refractivity contribution < 1.29 is 14.3 Å². The maximum atomic E-state index is 12.3. The number of anilines is 1. The molecule has 1 aromatic carbocycles. The van der Waals surface area contributed by atoms with Crippen molar-refractivity contribution in [2.45, 2.75) is 46.0 Å². The van der Waals surface area contributed by atoms with E-state index in [9.17, 15) is 10.2 Å². The molecule has 194 valence electrons. The third-order valence-corrected chi connectivity index (χ3v) is 8.69. The first-order valence-corrected chi connectivity index (χ1v) is 13.6. The zero-order valence-corrected chi connectivity index (χ0v) is 21.9. The Morgan fingerprint density at radius 2 is 2.08 bits per heavy atom. The standard InChI is InChI=1S/C30H36N4O3/c1-3-37-28-9-7-23(17-32-28)21-6-8-27-22(15-21)5-4-12-34(27)29(31)25-18-33(20(2)35)13-10-24(25)26-16-30(26)11-14-36-19-30/h6-9,15,17,26,31H,3-5,10-14,16,18-19H2,1-2H3. The molecule has 2 fully saturated rings. The van der Waals surface area contributed by atoms with Crippen LogP contribution in [-0.4, -0.2) is 61.1 Å². The summed E-state index contributed by atoms with van der Waals surface area (Å²) in [6.45, 7) is 8.01. The van der Waals surface area contributed by atoms with Gasteiger partial charge in [0.05, 0.1) is 13.2 Å². The van der Waals surface area contributed by atoms with Gasteiger partial charge < -0.3 is 19.3 Å². The molecular formula is C30H36N4O3. The summed E-state index contributed by atoms with van der Waals surface area (Å²) in [4.78, 5) is 20.8. The van der Waals surface area contributed by atoms with Crippen LogP contribution in [-0.2, 0) is 16.0 Å². The number of nitrogens with zero attached hydrogens (tertiary/aromatic N) is 3. The van der Waals surface area contributed by atoms with Crippen molar-refractivity contribution >= 4 is 17.4 Å². The fourth-order valence-electron chi connectivity index (χ4n) is 6.51. The second-order valence-electron chi connectivity index (χ2n) is 10.9. The Morgan fingerprint density at radius 1 is 1.22 bits per heavy atom. The molecule has 2 unspecified atom stereocenters. The van der Waals surface area contributed by atoms with Gasteiger partial charge in [0.2, 0.25) is 11.8 Å². The first kappa shape index (κ1) is 24.2. The van der Waals surface area contributed by atoms with Crippen LogP contribution in [0, 0.1) is 16.7 Å². The number of amides is 1. The van der Waals surface area contributed by atoms with Gasteiger partial charge in [0, 0.05) is 67.7 Å². The Hall–Kier alpha value is -3.19. The van der Waals surface area contributed by atoms with Crippen molar-refractivity contribution in [2.75, 3.05) is 44.4 Å². The Balaban J connectivity index is 1.30. The lowest BCUT2D eigenvalue weighted by Crippen LogP contribution is -2.43. The molecule has 2 aromatic rings. The van der Waals surface area contributed by atoms with Gasteiger partial charge in [0.25, 0.3) is 0 Å². The molecule has 1 aromatic heterocycles. The highest BCUT2D eigenvalue weighted by molar-refractivity contribution is 6.09. The molecule has 0 radical (unpaired) electrons. The molecule has 1 saturated carbocycles. The van der Waals surface area contributed by atoms with Gasteiger partial charge in [-0.25, -0.2) is 4.98 Å². The zero-order valence-electron chi connectivity index (χ0n) is 21.9. The van der Waals surface area contributed by atoms with E-state index < -0.39 is 0 Å². The topological polar surface area (TPSA) is 78.8 Å². The Labute approximate surface area is 219 Å². The summed E-state index contributed by atoms with van der Waals surface area (Å²) in [7, 11) is 0. The zero-order chi connectivity index (χ0) is 25.6. The number of aryl methyl sites for hydroxylation is 1. The third kappa shape index (κ3) is 4.43. The fraction of sp³-hybridized carbons (Fsp3) is 0.500. The normalized spacial score (nSPS) is 24.9. The Bertz CT molecular complexity index is 1250. The molecule has 7 nitrogen and oxygen atoms in total. The number of ether oxygens (including phenoxy) is 2. The second-order valence-corrected chi connectivity index (χ2v) is 10.9. The highest BCUT2D eigenvalue weighted by atomic mass is 16.5. The highest BCUT2D eigenvalue weighted by Crippen LogP contribution is 2.62. The summed E-state index contributed by atoms with van der Waals surface area (Å²) in [5, 5.41) is 9.41. The summed E-state index contributed by atoms with van der Waals surface area (Å²) >= 11 is 0. The van der Waals surface area contributed by atoms with Gasteiger partial charge in [0.15, 0.2) is 0 Å². The van der Waals surface area contributed by atoms with E-state index >= 15 is 0 Å². The summed E-state index contributed by atoms with van der Waals surface area (Å²) in [6, 6.07) is 10.5. The molecule has 1 N–H and O–H groups in total. The fourth-order valence-corrected chi connectivity index (χ4v) is 6.51. The minimum absolute atomic E-state index is 0.0895. The first-order valence-electron chi connectivity index (χ1n) is 13.6. The lowest BCUT2D eigenvalue weighted by Gasteiger charge is -2.37. The van der Waals surface area contributed by atoms with Gasteiger partial charge in [-0.3, -0.25) is 10.2 Å². The molecular weight excluding hydrogens is 464 g/mol. The summed E-state index contributed by atoms with van der Waals surface area (Å²) in [6.07, 6.45) is 7.01. The molecule has 3 aliphatic heterocycles. The molecule has 1 amide bonds. The van der Waals surface area contributed by atoms with E-state index in [1.807, 2.05) is 24.1 Å². The molecule has 4 heterocycles. The van der Waals surface area contributed by atoms with Crippen molar-refractivity contribution in [3.8, 4) is 17.0 Å². The van der Waals surface area contributed by atoms with Crippen LogP contribution in [0.2, 0.25) is 0 Å². The summed E-state index contributed by atoms with van der Waals surface area (Å²) in [5.41, 5.74) is 7.30. The average Bonchev–Trinajstić information content (AvgIpc) is 3.42. The van der Waals surface area contributed by atoms with E-state index in [1.165, 1.54) is 11.1 Å². The summed E-state index contributed by atoms with van der Waals surface area (Å²) < 4.78 is 11.3. The molecule has 1 saturated heterocycles. The van der Waals surface area contributed by atoms with Crippen molar-refractivity contribution in [1.82, 2.24) is 9.88 Å². The number of fused-ring (bicyclic) bond motifs is 1. The van der Waals surface area contributed by atoms with Gasteiger partial charge in [-0.1, -0.05) is 11.6 Å². The Kier molecular flexibility index (Phi) is 6.27. The molecule has 7 heteroatoms. The smallest absolute Gasteiger partial charge is 0.219 e. The second kappa shape index (κ2) is 9.60. The predicted octanol–water partition coefficient (Wildman–Crippen LogP) is 4.85. The number of benzene rings is 1. The molecule has 0 bridgehead atoms. The van der Waals surface area contributed by atoms with Gasteiger partial charge in [-0.2, -0.15) is 0 Å². The van der Waals surface area contributed by atoms with Crippen LogP contribution in [0.25, 0.3) is 11.1 Å². The maximum absolute atomic E-state index is 12.3. The number of pyridine rings is 1. The van der Waals surface area contributed by atoms with Crippen LogP contribution in [0.1, 0.15) is 45.1 Å². The average molecular weight is 501 g/mol. The number of carbonyl (C=O) groups excluding carboxylic acids is 1. The largest absolute Gasteiger partial charge is 0.478 e. The van der Waals surface area contributed by atoms with Crippen molar-refractivity contribution in [2.24, 2.45) is 11.3 Å². The minimum Gasteiger partial charge on any atom is -0.478 e. The van der Waals surface area contributed by atoms with E-state index in [0.717, 1.165) is 80.8 Å². The van der Waals surface area contributed by atoms with E-state index in [2.05, 4.69) is 34.1 Å². The number of carbonyl (C=O) groups is 1. The number of rotatable bonds is 5. The van der Waals surface area contributed by atoms with Crippen molar-refractivity contribution in [1.29, 1.82) is 5.41 Å². The Morgan fingerprint density at radius 3 is 2.81 bits per heavy atom. The lowest BCUT2D eigenvalue weighted by molar-refractivity contribution is -0.128. The molecule has 2 atom stereocenters. The molecule has 4 aliphatic rings. The van der Waals surface area contributed by atoms with Gasteiger partial charge in [0.1, 0.15) is 5.84 Å². The quantitative estimate of drug-likeness (QED) is 0.469. The van der Waals surface area contributed by atoms with Gasteiger partial charge in [-0.15, -0.1) is 0 Å². The highest BCUT2D eigenvalue weighted by Gasteiger charge is 2.58. The molecule has 37 heavy (non-hydrogen) atoms. The molecule has 1 aliphatic carbocycles. The van der Waals surface area contributed by atoms with Gasteiger partial charge >= 0.3 is 0 Å². The molecule has 1 spiro atoms. The van der Waals surface area contributed by atoms with E-state index in [4.69, 9.17) is 9.47 Å². The number of hydrogen-bond donors (Lipinski definition) is 1. The maximum Gasteiger partial charge on any atom is 0.219 e. The van der Waals surface area contributed by atoms with E-state index in [1.54, 1.807) is 6.92 Å². The third-order valence-electron chi connectivity index (χ3n) is 8.69. The number of amidine groups is 1. The molecule has 6 rings (SSSR count). The van der Waals surface area contributed by atoms with Crippen LogP contribution in [0.15, 0.2) is 47.7 Å². The number of nitrogens with one attached hydrogen (secondary N) is 1. The van der Waals surface area contributed by atoms with Crippen LogP contribution < -0.4 is 9.64 Å². The van der Waals surface area contributed by atoms with Crippen molar-refractivity contribution in [3.05, 3.63) is 53.2 Å². The first-order chi connectivity index (χ1) is 18.0. The van der Waals surface area contributed by atoms with Crippen LogP contribution in [0.3, 0.4) is 0 Å². The van der Waals surface area contributed by atoms with Gasteiger partial charge in [-0.05, 0) is 74.3 Å². The number of hydrogen-bond acceptors (Lipinski definition) is 5. The van der Waals surface area contributed by atoms with Crippen LogP contribution >= 0.6 is 0 Å². The SMILES string of the molecule is CCOc1ccc(-c2ccc3c(c2)CCCN3C(=N)C2=C(C3CC34CCOC4)CCN(C(C)=O)C2)cn1. The minimum atomic E-state index is 0.0895. The predicted molar refractivity (Wildman–Crippen MR) is 144 cm³/mol. The van der Waals surface area contributed by atoms with E-state index in [-0.39, 0.29) is 11.3 Å². The lowest BCUT2D eigenvalue weighted by atomic mass is 9.88. The van der Waals surface area contributed by atoms with Crippen LogP contribution in [0.4, 0.5) is 5.69 Å². The van der Waals surface area contributed by atoms with E-state index in [0.29, 0.717) is 30.8 Å². The van der Waals surface area contributed by atoms with Crippen molar-refractivity contribution in [3.63, 3.8) is 0 Å². The number of aromatic nitrogens is 1. The summed E-state index contributed by atoms with van der Waals surface area (Å²) in [5.74, 6) is 1.80.